The van der Waals surface area contributed by atoms with Crippen LogP contribution in [0, 0.1) is 5.92 Å². The quantitative estimate of drug-likeness (QED) is 0.726. The van der Waals surface area contributed by atoms with E-state index in [1.54, 1.807) is 34.6 Å². The first kappa shape index (κ1) is 20.2. The van der Waals surface area contributed by atoms with E-state index >= 15 is 0 Å². The van der Waals surface area contributed by atoms with Crippen LogP contribution in [0.1, 0.15) is 41.0 Å². The number of likely N-dealkylation sites (tertiary alicyclic amines) is 1. The third-order valence-corrected chi connectivity index (χ3v) is 3.64. The number of methoxy groups -OCH3 is 1. The Balaban J connectivity index is 2.89. The summed E-state index contributed by atoms with van der Waals surface area (Å²) in [5, 5.41) is 12.4. The Kier molecular flexibility index (Phi) is 6.59. The molecule has 1 fully saturated rings. The lowest BCUT2D eigenvalue weighted by Crippen LogP contribution is -2.54. The number of β-amino-alcohol motifs (C(OH)–C–C–N with tert-alkyl or cyclic N) is 1. The van der Waals surface area contributed by atoms with Crippen molar-refractivity contribution < 1.29 is 29.0 Å². The molecule has 0 aliphatic carbocycles. The highest BCUT2D eigenvalue weighted by molar-refractivity contribution is 5.90. The van der Waals surface area contributed by atoms with Crippen LogP contribution in [0.4, 0.5) is 4.79 Å². The van der Waals surface area contributed by atoms with Crippen molar-refractivity contribution in [3.05, 3.63) is 0 Å². The molecule has 0 aromatic carbocycles. The number of nitrogens with zero attached hydrogens (tertiary/aromatic N) is 1. The van der Waals surface area contributed by atoms with Gasteiger partial charge in [-0.05, 0) is 26.7 Å². The van der Waals surface area contributed by atoms with E-state index in [1.165, 1.54) is 12.0 Å². The number of carbonyl (C=O) groups excluding carboxylic acids is 3. The molecule has 0 aromatic rings. The minimum absolute atomic E-state index is 0.0256. The molecular formula is C16H28N2O6. The number of nitrogens with one attached hydrogen (secondary N) is 1. The monoisotopic (exact) mass is 344 g/mol. The van der Waals surface area contributed by atoms with Crippen molar-refractivity contribution in [2.45, 2.75) is 64.8 Å². The first-order chi connectivity index (χ1) is 11.0. The first-order valence-corrected chi connectivity index (χ1v) is 8.02. The molecule has 2 amide bonds. The molecule has 8 nitrogen and oxygen atoms in total. The Morgan fingerprint density at radius 3 is 2.29 bits per heavy atom. The average molecular weight is 344 g/mol. The van der Waals surface area contributed by atoms with Gasteiger partial charge in [0.15, 0.2) is 0 Å². The van der Waals surface area contributed by atoms with Gasteiger partial charge in [-0.15, -0.1) is 0 Å². The predicted molar refractivity (Wildman–Crippen MR) is 86.1 cm³/mol. The normalized spacial score (nSPS) is 22.2. The summed E-state index contributed by atoms with van der Waals surface area (Å²) in [5.74, 6) is -1.25. The van der Waals surface area contributed by atoms with Gasteiger partial charge in [0.25, 0.3) is 0 Å². The van der Waals surface area contributed by atoms with Crippen molar-refractivity contribution in [2.24, 2.45) is 5.92 Å². The van der Waals surface area contributed by atoms with Gasteiger partial charge in [0.05, 0.1) is 13.2 Å². The summed E-state index contributed by atoms with van der Waals surface area (Å²) < 4.78 is 9.88. The maximum absolute atomic E-state index is 12.8. The molecule has 1 saturated heterocycles. The highest BCUT2D eigenvalue weighted by Gasteiger charge is 2.43. The zero-order chi connectivity index (χ0) is 18.7. The van der Waals surface area contributed by atoms with Gasteiger partial charge in [0, 0.05) is 13.0 Å². The second-order valence-corrected chi connectivity index (χ2v) is 7.29. The summed E-state index contributed by atoms with van der Waals surface area (Å²) in [6.45, 7) is 8.76. The molecular weight excluding hydrogens is 316 g/mol. The molecule has 2 N–H and O–H groups in total. The summed E-state index contributed by atoms with van der Waals surface area (Å²) in [4.78, 5) is 37.9. The van der Waals surface area contributed by atoms with Crippen molar-refractivity contribution >= 4 is 18.0 Å². The van der Waals surface area contributed by atoms with Gasteiger partial charge in [-0.25, -0.2) is 9.59 Å². The predicted octanol–water partition coefficient (Wildman–Crippen LogP) is 0.670. The third kappa shape index (κ3) is 5.36. The molecule has 24 heavy (non-hydrogen) atoms. The molecule has 0 radical (unpaired) electrons. The number of carbonyl (C=O) groups is 3. The minimum Gasteiger partial charge on any atom is -0.467 e. The van der Waals surface area contributed by atoms with Gasteiger partial charge in [-0.1, -0.05) is 13.8 Å². The Hall–Kier alpha value is -1.83. The van der Waals surface area contributed by atoms with E-state index in [-0.39, 0.29) is 18.9 Å². The molecule has 1 rings (SSSR count). The van der Waals surface area contributed by atoms with Crippen LogP contribution >= 0.6 is 0 Å². The summed E-state index contributed by atoms with van der Waals surface area (Å²) >= 11 is 0. The van der Waals surface area contributed by atoms with Gasteiger partial charge in [-0.2, -0.15) is 0 Å². The topological polar surface area (TPSA) is 105 Å². The van der Waals surface area contributed by atoms with Crippen LogP contribution in [0.2, 0.25) is 0 Å². The van der Waals surface area contributed by atoms with E-state index in [2.05, 4.69) is 5.32 Å². The summed E-state index contributed by atoms with van der Waals surface area (Å²) in [7, 11) is 1.23. The molecule has 0 saturated carbocycles. The molecule has 1 aliphatic heterocycles. The van der Waals surface area contributed by atoms with Crippen LogP contribution in [-0.2, 0) is 19.1 Å². The number of aliphatic hydroxyl groups is 1. The lowest BCUT2D eigenvalue weighted by Gasteiger charge is -2.30. The van der Waals surface area contributed by atoms with E-state index in [0.29, 0.717) is 0 Å². The van der Waals surface area contributed by atoms with Gasteiger partial charge in [0.1, 0.15) is 17.7 Å². The number of hydrogen-bond donors (Lipinski definition) is 2. The standard InChI is InChI=1S/C16H28N2O6/c1-9(2)12(17-15(22)24-16(3,4)5)13(20)18-8-10(19)7-11(18)14(21)23-6/h9-12,19H,7-8H2,1-6H3,(H,17,22)/t10?,11?,12-/m0/s1. The summed E-state index contributed by atoms with van der Waals surface area (Å²) in [6, 6.07) is -1.71. The maximum Gasteiger partial charge on any atom is 0.408 e. The Morgan fingerprint density at radius 2 is 1.83 bits per heavy atom. The highest BCUT2D eigenvalue weighted by Crippen LogP contribution is 2.22. The van der Waals surface area contributed by atoms with E-state index in [1.807, 2.05) is 0 Å². The van der Waals surface area contributed by atoms with Gasteiger partial charge >= 0.3 is 12.1 Å². The van der Waals surface area contributed by atoms with Crippen molar-refractivity contribution in [1.29, 1.82) is 0 Å². The highest BCUT2D eigenvalue weighted by atomic mass is 16.6. The largest absolute Gasteiger partial charge is 0.467 e. The Labute approximate surface area is 142 Å². The molecule has 0 spiro atoms. The maximum atomic E-state index is 12.8. The lowest BCUT2D eigenvalue weighted by molar-refractivity contribution is -0.152. The Bertz CT molecular complexity index is 485. The fourth-order valence-electron chi connectivity index (χ4n) is 2.54. The van der Waals surface area contributed by atoms with Crippen molar-refractivity contribution in [1.82, 2.24) is 10.2 Å². The van der Waals surface area contributed by atoms with Crippen molar-refractivity contribution in [3.63, 3.8) is 0 Å². The second kappa shape index (κ2) is 7.83. The van der Waals surface area contributed by atoms with Gasteiger partial charge in [-0.3, -0.25) is 4.79 Å². The first-order valence-electron chi connectivity index (χ1n) is 8.02. The second-order valence-electron chi connectivity index (χ2n) is 7.29. The number of esters is 1. The molecule has 138 valence electrons. The SMILES string of the molecule is COC(=O)C1CC(O)CN1C(=O)[C@@H](NC(=O)OC(C)(C)C)C(C)C. The van der Waals surface area contributed by atoms with Crippen molar-refractivity contribution in [3.8, 4) is 0 Å². The zero-order valence-electron chi connectivity index (χ0n) is 15.2. The smallest absolute Gasteiger partial charge is 0.408 e. The lowest BCUT2D eigenvalue weighted by atomic mass is 10.0. The molecule has 3 atom stereocenters. The van der Waals surface area contributed by atoms with Gasteiger partial charge < -0.3 is 24.8 Å². The van der Waals surface area contributed by atoms with Crippen LogP contribution in [0.15, 0.2) is 0 Å². The van der Waals surface area contributed by atoms with E-state index in [0.717, 1.165) is 0 Å². The molecule has 1 aliphatic rings. The number of ether oxygens (including phenoxy) is 2. The molecule has 8 heteroatoms. The van der Waals surface area contributed by atoms with Gasteiger partial charge in [0.2, 0.25) is 5.91 Å². The Morgan fingerprint density at radius 1 is 1.25 bits per heavy atom. The van der Waals surface area contributed by atoms with E-state index in [4.69, 9.17) is 9.47 Å². The fraction of sp³-hybridized carbons (Fsp3) is 0.812. The number of rotatable bonds is 4. The van der Waals surface area contributed by atoms with Crippen molar-refractivity contribution in [2.75, 3.05) is 13.7 Å². The average Bonchev–Trinajstić information content (AvgIpc) is 2.83. The number of alkyl carbamates (subject to hydrolysis) is 1. The molecule has 1 heterocycles. The zero-order valence-corrected chi connectivity index (χ0v) is 15.2. The third-order valence-electron chi connectivity index (χ3n) is 3.64. The molecule has 0 bridgehead atoms. The number of amides is 2. The number of aliphatic hydroxyl groups excluding tert-OH is 1. The molecule has 2 unspecified atom stereocenters. The van der Waals surface area contributed by atoms with Crippen LogP contribution in [0.3, 0.4) is 0 Å². The van der Waals surface area contributed by atoms with Crippen LogP contribution in [-0.4, -0.2) is 65.4 Å². The van der Waals surface area contributed by atoms with E-state index < -0.39 is 41.8 Å². The summed E-state index contributed by atoms with van der Waals surface area (Å²) in [5.41, 5.74) is -0.687. The van der Waals surface area contributed by atoms with Crippen LogP contribution < -0.4 is 5.32 Å². The number of hydrogen-bond acceptors (Lipinski definition) is 6. The van der Waals surface area contributed by atoms with Crippen LogP contribution in [0.25, 0.3) is 0 Å². The minimum atomic E-state index is -0.864. The fourth-order valence-corrected chi connectivity index (χ4v) is 2.54. The van der Waals surface area contributed by atoms with Crippen LogP contribution in [0.5, 0.6) is 0 Å². The molecule has 0 aromatic heterocycles. The summed E-state index contributed by atoms with van der Waals surface area (Å²) in [6.07, 6.45) is -1.38. The van der Waals surface area contributed by atoms with E-state index in [9.17, 15) is 19.5 Å².